The van der Waals surface area contributed by atoms with Gasteiger partial charge in [-0.25, -0.2) is 9.97 Å². The van der Waals surface area contributed by atoms with Crippen molar-refractivity contribution in [3.05, 3.63) is 34.6 Å². The van der Waals surface area contributed by atoms with E-state index in [1.54, 1.807) is 13.1 Å². The van der Waals surface area contributed by atoms with Crippen LogP contribution < -0.4 is 20.7 Å². The number of aryl methyl sites for hydroxylation is 1. The molecular weight excluding hydrogens is 334 g/mol. The molecular formula is C17H23N7O2. The summed E-state index contributed by atoms with van der Waals surface area (Å²) in [5.74, 6) is 0.964. The molecule has 1 aliphatic heterocycles. The standard InChI is InChI=1S/C17H23N7O2/c1-12-8-15(26)24(11-19-12)10-14(25)20-13-9-18-17(21-16(13)22(2)3)23-6-4-5-7-23/h8-9,11H,4-7,10H2,1-3H3,(H,20,25). The molecule has 26 heavy (non-hydrogen) atoms. The van der Waals surface area contributed by atoms with Crippen molar-refractivity contribution in [1.29, 1.82) is 0 Å². The molecule has 2 aromatic heterocycles. The molecule has 1 amide bonds. The fourth-order valence-corrected chi connectivity index (χ4v) is 2.84. The van der Waals surface area contributed by atoms with Crippen LogP contribution in [0.4, 0.5) is 17.5 Å². The Hall–Kier alpha value is -2.97. The van der Waals surface area contributed by atoms with Gasteiger partial charge >= 0.3 is 0 Å². The van der Waals surface area contributed by atoms with E-state index in [2.05, 4.69) is 25.2 Å². The summed E-state index contributed by atoms with van der Waals surface area (Å²) in [6.45, 7) is 3.51. The SMILES string of the molecule is Cc1cc(=O)n(CC(=O)Nc2cnc(N3CCCC3)nc2N(C)C)cn1. The van der Waals surface area contributed by atoms with Crippen molar-refractivity contribution >= 4 is 23.4 Å². The number of nitrogens with zero attached hydrogens (tertiary/aromatic N) is 6. The fourth-order valence-electron chi connectivity index (χ4n) is 2.84. The van der Waals surface area contributed by atoms with Gasteiger partial charge in [0.05, 0.1) is 12.5 Å². The van der Waals surface area contributed by atoms with E-state index in [4.69, 9.17) is 0 Å². The van der Waals surface area contributed by atoms with E-state index in [0.717, 1.165) is 25.9 Å². The van der Waals surface area contributed by atoms with Gasteiger partial charge in [0.15, 0.2) is 5.82 Å². The summed E-state index contributed by atoms with van der Waals surface area (Å²) in [6.07, 6.45) is 5.26. The predicted molar refractivity (Wildman–Crippen MR) is 99.7 cm³/mol. The maximum absolute atomic E-state index is 12.4. The minimum Gasteiger partial charge on any atom is -0.361 e. The molecule has 0 radical (unpaired) electrons. The zero-order valence-electron chi connectivity index (χ0n) is 15.3. The second-order valence-electron chi connectivity index (χ2n) is 6.54. The smallest absolute Gasteiger partial charge is 0.253 e. The number of carbonyl (C=O) groups excluding carboxylic acids is 1. The third kappa shape index (κ3) is 3.98. The zero-order chi connectivity index (χ0) is 18.7. The topological polar surface area (TPSA) is 96.2 Å². The first-order chi connectivity index (χ1) is 12.4. The first-order valence-electron chi connectivity index (χ1n) is 8.56. The molecule has 9 nitrogen and oxygen atoms in total. The van der Waals surface area contributed by atoms with E-state index < -0.39 is 0 Å². The Bertz CT molecular complexity index is 856. The predicted octanol–water partition coefficient (Wildman–Crippen LogP) is 0.647. The number of aromatic nitrogens is 4. The van der Waals surface area contributed by atoms with E-state index in [-0.39, 0.29) is 18.0 Å². The van der Waals surface area contributed by atoms with Crippen molar-refractivity contribution in [2.75, 3.05) is 42.3 Å². The van der Waals surface area contributed by atoms with Crippen molar-refractivity contribution < 1.29 is 4.79 Å². The van der Waals surface area contributed by atoms with Crippen molar-refractivity contribution in [2.45, 2.75) is 26.3 Å². The third-order valence-electron chi connectivity index (χ3n) is 4.17. The lowest BCUT2D eigenvalue weighted by Crippen LogP contribution is -2.28. The number of rotatable bonds is 5. The van der Waals surface area contributed by atoms with Crippen molar-refractivity contribution in [2.24, 2.45) is 0 Å². The Kier molecular flexibility index (Phi) is 5.15. The highest BCUT2D eigenvalue weighted by Gasteiger charge is 2.18. The van der Waals surface area contributed by atoms with Crippen molar-refractivity contribution in [3.8, 4) is 0 Å². The number of hydrogen-bond donors (Lipinski definition) is 1. The molecule has 9 heteroatoms. The number of nitrogens with one attached hydrogen (secondary N) is 1. The lowest BCUT2D eigenvalue weighted by Gasteiger charge is -2.21. The molecule has 3 rings (SSSR count). The van der Waals surface area contributed by atoms with Gasteiger partial charge in [0, 0.05) is 38.9 Å². The Morgan fingerprint density at radius 3 is 2.65 bits per heavy atom. The molecule has 138 valence electrons. The highest BCUT2D eigenvalue weighted by molar-refractivity contribution is 5.93. The maximum atomic E-state index is 12.4. The van der Waals surface area contributed by atoms with Crippen LogP contribution in [0.5, 0.6) is 0 Å². The van der Waals surface area contributed by atoms with Gasteiger partial charge in [-0.3, -0.25) is 14.2 Å². The molecule has 1 aliphatic rings. The minimum absolute atomic E-state index is 0.118. The highest BCUT2D eigenvalue weighted by Crippen LogP contribution is 2.25. The van der Waals surface area contributed by atoms with E-state index in [9.17, 15) is 9.59 Å². The van der Waals surface area contributed by atoms with E-state index in [1.807, 2.05) is 19.0 Å². The maximum Gasteiger partial charge on any atom is 0.253 e. The van der Waals surface area contributed by atoms with Crippen molar-refractivity contribution in [1.82, 2.24) is 19.5 Å². The van der Waals surface area contributed by atoms with Crippen LogP contribution in [0.1, 0.15) is 18.5 Å². The van der Waals surface area contributed by atoms with Gasteiger partial charge in [0.1, 0.15) is 12.2 Å². The first-order valence-corrected chi connectivity index (χ1v) is 8.56. The van der Waals surface area contributed by atoms with Gasteiger partial charge in [-0.15, -0.1) is 0 Å². The largest absolute Gasteiger partial charge is 0.361 e. The molecule has 0 saturated carbocycles. The summed E-state index contributed by atoms with van der Waals surface area (Å²) in [5, 5.41) is 2.79. The number of anilines is 3. The van der Waals surface area contributed by atoms with Crippen LogP contribution in [0.3, 0.4) is 0 Å². The zero-order valence-corrected chi connectivity index (χ0v) is 15.3. The van der Waals surface area contributed by atoms with E-state index in [0.29, 0.717) is 23.1 Å². The van der Waals surface area contributed by atoms with Crippen LogP contribution in [0.15, 0.2) is 23.4 Å². The quantitative estimate of drug-likeness (QED) is 0.839. The van der Waals surface area contributed by atoms with Crippen LogP contribution in [0.2, 0.25) is 0 Å². The second kappa shape index (κ2) is 7.51. The summed E-state index contributed by atoms with van der Waals surface area (Å²) in [4.78, 5) is 41.2. The third-order valence-corrected chi connectivity index (χ3v) is 4.17. The average Bonchev–Trinajstić information content (AvgIpc) is 3.12. The minimum atomic E-state index is -0.335. The second-order valence-corrected chi connectivity index (χ2v) is 6.54. The summed E-state index contributed by atoms with van der Waals surface area (Å²) in [7, 11) is 3.72. The lowest BCUT2D eigenvalue weighted by atomic mass is 10.4. The first kappa shape index (κ1) is 17.8. The molecule has 1 fully saturated rings. The molecule has 0 bridgehead atoms. The molecule has 0 spiro atoms. The monoisotopic (exact) mass is 357 g/mol. The van der Waals surface area contributed by atoms with Crippen molar-refractivity contribution in [3.63, 3.8) is 0 Å². The van der Waals surface area contributed by atoms with Gasteiger partial charge in [0.25, 0.3) is 5.56 Å². The summed E-state index contributed by atoms with van der Waals surface area (Å²) in [5.41, 5.74) is 0.865. The molecule has 0 aromatic carbocycles. The fraction of sp³-hybridized carbons (Fsp3) is 0.471. The highest BCUT2D eigenvalue weighted by atomic mass is 16.2. The van der Waals surface area contributed by atoms with Crippen LogP contribution >= 0.6 is 0 Å². The molecule has 3 heterocycles. The number of carbonyl (C=O) groups is 1. The Balaban J connectivity index is 1.77. The normalized spacial score (nSPS) is 13.7. The van der Waals surface area contributed by atoms with E-state index >= 15 is 0 Å². The van der Waals surface area contributed by atoms with Gasteiger partial charge in [-0.1, -0.05) is 0 Å². The lowest BCUT2D eigenvalue weighted by molar-refractivity contribution is -0.116. The van der Waals surface area contributed by atoms with Gasteiger partial charge in [-0.2, -0.15) is 4.98 Å². The van der Waals surface area contributed by atoms with Gasteiger partial charge < -0.3 is 15.1 Å². The number of amides is 1. The van der Waals surface area contributed by atoms with Crippen LogP contribution in [-0.2, 0) is 11.3 Å². The van der Waals surface area contributed by atoms with E-state index in [1.165, 1.54) is 17.0 Å². The molecule has 0 atom stereocenters. The Morgan fingerprint density at radius 2 is 2.00 bits per heavy atom. The molecule has 0 unspecified atom stereocenters. The summed E-state index contributed by atoms with van der Waals surface area (Å²) in [6, 6.07) is 1.40. The van der Waals surface area contributed by atoms with Gasteiger partial charge in [-0.05, 0) is 19.8 Å². The molecule has 2 aromatic rings. The Morgan fingerprint density at radius 1 is 1.27 bits per heavy atom. The van der Waals surface area contributed by atoms with Crippen LogP contribution in [0.25, 0.3) is 0 Å². The Labute approximate surface area is 151 Å². The van der Waals surface area contributed by atoms with Gasteiger partial charge in [0.2, 0.25) is 11.9 Å². The average molecular weight is 357 g/mol. The molecule has 1 N–H and O–H groups in total. The molecule has 0 aliphatic carbocycles. The van der Waals surface area contributed by atoms with Crippen LogP contribution in [0, 0.1) is 6.92 Å². The summed E-state index contributed by atoms with van der Waals surface area (Å²) < 4.78 is 1.26. The van der Waals surface area contributed by atoms with Crippen LogP contribution in [-0.4, -0.2) is 52.6 Å². The summed E-state index contributed by atoms with van der Waals surface area (Å²) >= 11 is 0. The number of hydrogen-bond acceptors (Lipinski definition) is 7. The molecule has 1 saturated heterocycles.